The van der Waals surface area contributed by atoms with Crippen molar-refractivity contribution < 1.29 is 4.39 Å². The second-order valence-electron chi connectivity index (χ2n) is 9.35. The van der Waals surface area contributed by atoms with E-state index in [0.29, 0.717) is 31.0 Å². The normalized spacial score (nSPS) is 12.3. The van der Waals surface area contributed by atoms with Crippen molar-refractivity contribution in [3.8, 4) is 0 Å². The lowest BCUT2D eigenvalue weighted by molar-refractivity contribution is 0.161. The minimum Gasteiger partial charge on any atom is -0.322 e. The van der Waals surface area contributed by atoms with Crippen molar-refractivity contribution in [2.45, 2.75) is 45.9 Å². The third-order valence-electron chi connectivity index (χ3n) is 6.61. The molecule has 0 amide bonds. The second-order valence-corrected chi connectivity index (χ2v) is 9.35. The van der Waals surface area contributed by atoms with E-state index in [4.69, 9.17) is 0 Å². The summed E-state index contributed by atoms with van der Waals surface area (Å²) < 4.78 is 15.2. The molecule has 0 fully saturated rings. The molecule has 8 heteroatoms. The van der Waals surface area contributed by atoms with Crippen molar-refractivity contribution in [3.05, 3.63) is 123 Å². The summed E-state index contributed by atoms with van der Waals surface area (Å²) in [4.78, 5) is 18.4. The summed E-state index contributed by atoms with van der Waals surface area (Å²) in [6.07, 6.45) is 0.737. The molecule has 0 aliphatic carbocycles. The van der Waals surface area contributed by atoms with Gasteiger partial charge in [-0.25, -0.2) is 9.07 Å². The van der Waals surface area contributed by atoms with Crippen LogP contribution in [0, 0.1) is 12.7 Å². The number of halogens is 1. The van der Waals surface area contributed by atoms with E-state index in [1.54, 1.807) is 16.8 Å². The predicted octanol–water partition coefficient (Wildman–Crippen LogP) is 5.16. The quantitative estimate of drug-likeness (QED) is 0.305. The molecule has 1 N–H and O–H groups in total. The first-order valence-electron chi connectivity index (χ1n) is 12.4. The van der Waals surface area contributed by atoms with E-state index >= 15 is 0 Å². The first-order chi connectivity index (χ1) is 18.0. The largest absolute Gasteiger partial charge is 0.322 e. The van der Waals surface area contributed by atoms with E-state index in [-0.39, 0.29) is 17.4 Å². The number of pyridine rings is 1. The van der Waals surface area contributed by atoms with E-state index in [1.807, 2.05) is 49.4 Å². The third-order valence-corrected chi connectivity index (χ3v) is 6.61. The fourth-order valence-corrected chi connectivity index (χ4v) is 4.72. The molecule has 0 saturated heterocycles. The molecule has 0 bridgehead atoms. The van der Waals surface area contributed by atoms with Gasteiger partial charge in [0, 0.05) is 24.2 Å². The van der Waals surface area contributed by atoms with Crippen LogP contribution in [-0.2, 0) is 19.6 Å². The number of H-pyrrole nitrogens is 1. The number of nitrogens with zero attached hydrogens (tertiary/aromatic N) is 5. The summed E-state index contributed by atoms with van der Waals surface area (Å²) in [5.41, 5.74) is 4.55. The summed E-state index contributed by atoms with van der Waals surface area (Å²) in [5.74, 6) is 0.424. The Balaban J connectivity index is 1.50. The van der Waals surface area contributed by atoms with E-state index in [1.165, 1.54) is 12.1 Å². The van der Waals surface area contributed by atoms with Crippen LogP contribution in [0.2, 0.25) is 0 Å². The average molecular weight is 497 g/mol. The standard InChI is InChI=1S/C29H29FN6O/c1-3-27(28-32-33-34-36(28)18-22-10-13-25(30)14-11-22)35(17-21-7-5-4-6-8-21)19-24-16-23-12-9-20(2)15-26(23)31-29(24)37/h4-16,27H,3,17-19H2,1-2H3,(H,31,37)/t27-/m0/s1. The van der Waals surface area contributed by atoms with Gasteiger partial charge in [0.15, 0.2) is 5.82 Å². The molecule has 2 aromatic heterocycles. The Morgan fingerprint density at radius 1 is 0.973 bits per heavy atom. The minimum atomic E-state index is -0.281. The van der Waals surface area contributed by atoms with E-state index in [2.05, 4.69) is 44.5 Å². The van der Waals surface area contributed by atoms with Gasteiger partial charge in [-0.05, 0) is 70.1 Å². The number of hydrogen-bond acceptors (Lipinski definition) is 5. The summed E-state index contributed by atoms with van der Waals surface area (Å²) in [6, 6.07) is 24.4. The molecular formula is C29H29FN6O. The highest BCUT2D eigenvalue weighted by atomic mass is 19.1. The first kappa shape index (κ1) is 24.5. The molecule has 2 heterocycles. The highest BCUT2D eigenvalue weighted by Crippen LogP contribution is 2.27. The molecule has 1 atom stereocenters. The molecule has 0 spiro atoms. The maximum absolute atomic E-state index is 13.4. The molecule has 0 saturated carbocycles. The number of benzene rings is 3. The van der Waals surface area contributed by atoms with Gasteiger partial charge in [-0.2, -0.15) is 0 Å². The maximum atomic E-state index is 13.4. The van der Waals surface area contributed by atoms with Crippen molar-refractivity contribution in [3.63, 3.8) is 0 Å². The zero-order valence-electron chi connectivity index (χ0n) is 20.9. The highest BCUT2D eigenvalue weighted by Gasteiger charge is 2.26. The van der Waals surface area contributed by atoms with Crippen LogP contribution < -0.4 is 5.56 Å². The zero-order chi connectivity index (χ0) is 25.8. The molecule has 5 aromatic rings. The molecule has 3 aromatic carbocycles. The maximum Gasteiger partial charge on any atom is 0.252 e. The van der Waals surface area contributed by atoms with Crippen LogP contribution >= 0.6 is 0 Å². The molecule has 188 valence electrons. The van der Waals surface area contributed by atoms with Crippen molar-refractivity contribution in [1.29, 1.82) is 0 Å². The van der Waals surface area contributed by atoms with Gasteiger partial charge in [-0.1, -0.05) is 61.5 Å². The van der Waals surface area contributed by atoms with Gasteiger partial charge in [0.05, 0.1) is 12.6 Å². The molecule has 0 radical (unpaired) electrons. The van der Waals surface area contributed by atoms with E-state index < -0.39 is 0 Å². The van der Waals surface area contributed by atoms with Crippen molar-refractivity contribution >= 4 is 10.9 Å². The number of aryl methyl sites for hydroxylation is 1. The highest BCUT2D eigenvalue weighted by molar-refractivity contribution is 5.79. The fraction of sp³-hybridized carbons (Fsp3) is 0.241. The summed E-state index contributed by atoms with van der Waals surface area (Å²) >= 11 is 0. The Labute approximate surface area is 214 Å². The zero-order valence-corrected chi connectivity index (χ0v) is 20.9. The lowest BCUT2D eigenvalue weighted by Gasteiger charge is -2.30. The number of aromatic amines is 1. The van der Waals surface area contributed by atoms with Crippen LogP contribution in [0.5, 0.6) is 0 Å². The van der Waals surface area contributed by atoms with Gasteiger partial charge in [0.2, 0.25) is 0 Å². The number of tetrazole rings is 1. The Hall–Kier alpha value is -4.17. The van der Waals surface area contributed by atoms with Gasteiger partial charge < -0.3 is 4.98 Å². The van der Waals surface area contributed by atoms with Gasteiger partial charge in [-0.15, -0.1) is 5.10 Å². The first-order valence-corrected chi connectivity index (χ1v) is 12.4. The minimum absolute atomic E-state index is 0.100. The summed E-state index contributed by atoms with van der Waals surface area (Å²) in [7, 11) is 0. The predicted molar refractivity (Wildman–Crippen MR) is 141 cm³/mol. The van der Waals surface area contributed by atoms with Gasteiger partial charge in [-0.3, -0.25) is 9.69 Å². The molecule has 0 aliphatic rings. The lowest BCUT2D eigenvalue weighted by atomic mass is 10.1. The summed E-state index contributed by atoms with van der Waals surface area (Å²) in [5, 5.41) is 13.6. The molecule has 7 nitrogen and oxygen atoms in total. The Kier molecular flexibility index (Phi) is 7.18. The number of hydrogen-bond donors (Lipinski definition) is 1. The Morgan fingerprint density at radius 2 is 1.76 bits per heavy atom. The fourth-order valence-electron chi connectivity index (χ4n) is 4.72. The van der Waals surface area contributed by atoms with Crippen LogP contribution in [-0.4, -0.2) is 30.1 Å². The molecule has 0 unspecified atom stereocenters. The van der Waals surface area contributed by atoms with E-state index in [0.717, 1.165) is 34.0 Å². The van der Waals surface area contributed by atoms with Crippen LogP contribution in [0.1, 0.15) is 47.5 Å². The van der Waals surface area contributed by atoms with Gasteiger partial charge in [0.25, 0.3) is 5.56 Å². The SMILES string of the molecule is CC[C@@H](c1nnnn1Cc1ccc(F)cc1)N(Cc1ccccc1)Cc1cc2ccc(C)cc2[nH]c1=O. The number of aromatic nitrogens is 5. The van der Waals surface area contributed by atoms with Crippen LogP contribution in [0.25, 0.3) is 10.9 Å². The molecular weight excluding hydrogens is 467 g/mol. The smallest absolute Gasteiger partial charge is 0.252 e. The monoisotopic (exact) mass is 496 g/mol. The second kappa shape index (κ2) is 10.8. The van der Waals surface area contributed by atoms with E-state index in [9.17, 15) is 9.18 Å². The topological polar surface area (TPSA) is 79.7 Å². The van der Waals surface area contributed by atoms with Crippen molar-refractivity contribution in [1.82, 2.24) is 30.1 Å². The third kappa shape index (κ3) is 5.65. The van der Waals surface area contributed by atoms with Crippen LogP contribution in [0.4, 0.5) is 4.39 Å². The average Bonchev–Trinajstić information content (AvgIpc) is 3.34. The van der Waals surface area contributed by atoms with Crippen LogP contribution in [0.3, 0.4) is 0 Å². The number of fused-ring (bicyclic) bond motifs is 1. The molecule has 37 heavy (non-hydrogen) atoms. The molecule has 0 aliphatic heterocycles. The lowest BCUT2D eigenvalue weighted by Crippen LogP contribution is -2.32. The summed E-state index contributed by atoms with van der Waals surface area (Å²) in [6.45, 7) is 5.57. The van der Waals surface area contributed by atoms with Crippen LogP contribution in [0.15, 0.2) is 83.7 Å². The number of rotatable bonds is 9. The molecule has 5 rings (SSSR count). The van der Waals surface area contributed by atoms with Crippen molar-refractivity contribution in [2.75, 3.05) is 0 Å². The number of nitrogens with one attached hydrogen (secondary N) is 1. The van der Waals surface area contributed by atoms with Crippen molar-refractivity contribution in [2.24, 2.45) is 0 Å². The Morgan fingerprint density at radius 3 is 2.51 bits per heavy atom. The van der Waals surface area contributed by atoms with Gasteiger partial charge >= 0.3 is 0 Å². The van der Waals surface area contributed by atoms with Gasteiger partial charge in [0.1, 0.15) is 5.82 Å². The Bertz CT molecular complexity index is 1540.